The summed E-state index contributed by atoms with van der Waals surface area (Å²) in [4.78, 5) is 21.8. The van der Waals surface area contributed by atoms with Crippen molar-refractivity contribution < 1.29 is 23.8 Å². The van der Waals surface area contributed by atoms with Crippen molar-refractivity contribution in [2.45, 2.75) is 25.1 Å². The van der Waals surface area contributed by atoms with Gasteiger partial charge in [0, 0.05) is 18.7 Å². The summed E-state index contributed by atoms with van der Waals surface area (Å²) in [5, 5.41) is 11.3. The standard InChI is InChI=1S/C14H18FNO4S/c1-9(17)16-13(14(18)19)5-6-21-8-10-3-4-11(20-2)7-12(10)15/h3-4,7,13H,5-6,8H2,1-2H3,(H,16,17)(H,18,19). The van der Waals surface area contributed by atoms with Crippen LogP contribution < -0.4 is 10.1 Å². The van der Waals surface area contributed by atoms with Gasteiger partial charge in [0.1, 0.15) is 17.6 Å². The molecule has 1 amide bonds. The summed E-state index contributed by atoms with van der Waals surface area (Å²) in [6, 6.07) is 3.73. The molecule has 21 heavy (non-hydrogen) atoms. The van der Waals surface area contributed by atoms with Gasteiger partial charge in [-0.15, -0.1) is 0 Å². The minimum absolute atomic E-state index is 0.289. The molecule has 1 aromatic carbocycles. The van der Waals surface area contributed by atoms with Crippen LogP contribution in [0.2, 0.25) is 0 Å². The van der Waals surface area contributed by atoms with Crippen LogP contribution in [0.3, 0.4) is 0 Å². The third-order valence-electron chi connectivity index (χ3n) is 2.74. The Morgan fingerprint density at radius 3 is 2.71 bits per heavy atom. The Morgan fingerprint density at radius 2 is 2.19 bits per heavy atom. The molecule has 1 unspecified atom stereocenters. The van der Waals surface area contributed by atoms with Crippen LogP contribution in [-0.2, 0) is 15.3 Å². The van der Waals surface area contributed by atoms with E-state index in [1.165, 1.54) is 31.9 Å². The van der Waals surface area contributed by atoms with E-state index < -0.39 is 12.0 Å². The number of thioether (sulfide) groups is 1. The Hall–Kier alpha value is -1.76. The maximum Gasteiger partial charge on any atom is 0.326 e. The van der Waals surface area contributed by atoms with Crippen LogP contribution in [0.4, 0.5) is 4.39 Å². The van der Waals surface area contributed by atoms with Crippen molar-refractivity contribution in [2.75, 3.05) is 12.9 Å². The van der Waals surface area contributed by atoms with E-state index in [9.17, 15) is 14.0 Å². The summed E-state index contributed by atoms with van der Waals surface area (Å²) in [6.07, 6.45) is 0.289. The van der Waals surface area contributed by atoms with Gasteiger partial charge in [0.05, 0.1) is 7.11 Å². The third kappa shape index (κ3) is 6.03. The zero-order valence-corrected chi connectivity index (χ0v) is 12.7. The molecule has 0 heterocycles. The lowest BCUT2D eigenvalue weighted by atomic mass is 10.2. The van der Waals surface area contributed by atoms with Gasteiger partial charge in [-0.25, -0.2) is 9.18 Å². The fourth-order valence-electron chi connectivity index (χ4n) is 1.66. The summed E-state index contributed by atoms with van der Waals surface area (Å²) in [7, 11) is 1.47. The van der Waals surface area contributed by atoms with E-state index in [0.29, 0.717) is 22.8 Å². The first-order valence-electron chi connectivity index (χ1n) is 6.34. The van der Waals surface area contributed by atoms with E-state index in [1.807, 2.05) is 0 Å². The second-order valence-electron chi connectivity index (χ2n) is 4.39. The SMILES string of the molecule is COc1ccc(CSCCC(NC(C)=O)C(=O)O)c(F)c1. The number of hydrogen-bond acceptors (Lipinski definition) is 4. The zero-order valence-electron chi connectivity index (χ0n) is 11.9. The van der Waals surface area contributed by atoms with Gasteiger partial charge in [0.15, 0.2) is 0 Å². The Balaban J connectivity index is 2.42. The first kappa shape index (κ1) is 17.3. The average molecular weight is 315 g/mol. The lowest BCUT2D eigenvalue weighted by Gasteiger charge is -2.12. The van der Waals surface area contributed by atoms with E-state index in [4.69, 9.17) is 9.84 Å². The molecule has 0 aliphatic carbocycles. The number of amides is 1. The van der Waals surface area contributed by atoms with E-state index >= 15 is 0 Å². The molecule has 5 nitrogen and oxygen atoms in total. The Kier molecular flexibility index (Phi) is 7.01. The van der Waals surface area contributed by atoms with Crippen LogP contribution in [0.25, 0.3) is 0 Å². The van der Waals surface area contributed by atoms with Gasteiger partial charge in [-0.1, -0.05) is 6.07 Å². The van der Waals surface area contributed by atoms with E-state index in [2.05, 4.69) is 5.32 Å². The maximum atomic E-state index is 13.7. The van der Waals surface area contributed by atoms with Crippen molar-refractivity contribution in [1.82, 2.24) is 5.32 Å². The van der Waals surface area contributed by atoms with Gasteiger partial charge >= 0.3 is 5.97 Å². The van der Waals surface area contributed by atoms with Gasteiger partial charge in [-0.05, 0) is 23.8 Å². The normalized spacial score (nSPS) is 11.8. The van der Waals surface area contributed by atoms with E-state index in [0.717, 1.165) is 0 Å². The Morgan fingerprint density at radius 1 is 1.48 bits per heavy atom. The number of carboxylic acid groups (broad SMARTS) is 1. The fraction of sp³-hybridized carbons (Fsp3) is 0.429. The molecule has 0 radical (unpaired) electrons. The van der Waals surface area contributed by atoms with Crippen molar-refractivity contribution in [2.24, 2.45) is 0 Å². The highest BCUT2D eigenvalue weighted by Crippen LogP contribution is 2.21. The molecular weight excluding hydrogens is 297 g/mol. The van der Waals surface area contributed by atoms with Crippen LogP contribution in [0, 0.1) is 5.82 Å². The minimum atomic E-state index is -1.07. The number of aliphatic carboxylic acids is 1. The average Bonchev–Trinajstić information content (AvgIpc) is 2.42. The van der Waals surface area contributed by atoms with Gasteiger partial charge in [-0.3, -0.25) is 4.79 Å². The van der Waals surface area contributed by atoms with Crippen LogP contribution in [0.1, 0.15) is 18.9 Å². The number of nitrogens with one attached hydrogen (secondary N) is 1. The molecule has 0 aliphatic rings. The van der Waals surface area contributed by atoms with Crippen LogP contribution in [0.5, 0.6) is 5.75 Å². The van der Waals surface area contributed by atoms with Gasteiger partial charge in [0.25, 0.3) is 0 Å². The lowest BCUT2D eigenvalue weighted by Crippen LogP contribution is -2.39. The number of methoxy groups -OCH3 is 1. The predicted molar refractivity (Wildman–Crippen MR) is 79.0 cm³/mol. The fourth-order valence-corrected chi connectivity index (χ4v) is 2.66. The number of rotatable bonds is 8. The number of halogens is 1. The Labute approximate surface area is 126 Å². The molecule has 0 fully saturated rings. The predicted octanol–water partition coefficient (Wildman–Crippen LogP) is 2.05. The number of hydrogen-bond donors (Lipinski definition) is 2. The van der Waals surface area contributed by atoms with Crippen molar-refractivity contribution in [1.29, 1.82) is 0 Å². The molecule has 0 aromatic heterocycles. The first-order valence-corrected chi connectivity index (χ1v) is 7.49. The van der Waals surface area contributed by atoms with Crippen LogP contribution in [0.15, 0.2) is 18.2 Å². The van der Waals surface area contributed by atoms with Crippen molar-refractivity contribution in [3.8, 4) is 5.75 Å². The minimum Gasteiger partial charge on any atom is -0.497 e. The zero-order chi connectivity index (χ0) is 15.8. The first-order chi connectivity index (χ1) is 9.93. The highest BCUT2D eigenvalue weighted by atomic mass is 32.2. The van der Waals surface area contributed by atoms with Gasteiger partial charge in [-0.2, -0.15) is 11.8 Å². The number of carbonyl (C=O) groups is 2. The highest BCUT2D eigenvalue weighted by Gasteiger charge is 2.17. The third-order valence-corrected chi connectivity index (χ3v) is 3.78. The number of carbonyl (C=O) groups excluding carboxylic acids is 1. The largest absolute Gasteiger partial charge is 0.497 e. The molecule has 2 N–H and O–H groups in total. The summed E-state index contributed by atoms with van der Waals surface area (Å²) >= 11 is 1.41. The molecule has 1 aromatic rings. The Bertz CT molecular complexity index is 510. The lowest BCUT2D eigenvalue weighted by molar-refractivity contribution is -0.141. The number of carboxylic acids is 1. The molecule has 0 bridgehead atoms. The van der Waals surface area contributed by atoms with Crippen LogP contribution >= 0.6 is 11.8 Å². The molecule has 0 saturated carbocycles. The van der Waals surface area contributed by atoms with Crippen molar-refractivity contribution in [3.63, 3.8) is 0 Å². The second-order valence-corrected chi connectivity index (χ2v) is 5.50. The molecule has 1 atom stereocenters. The summed E-state index contributed by atoms with van der Waals surface area (Å²) in [5.41, 5.74) is 0.534. The van der Waals surface area contributed by atoms with Gasteiger partial charge in [0.2, 0.25) is 5.91 Å². The van der Waals surface area contributed by atoms with E-state index in [-0.39, 0.29) is 18.1 Å². The summed E-state index contributed by atoms with van der Waals surface area (Å²) in [6.45, 7) is 1.27. The molecule has 1 rings (SSSR count). The molecule has 0 spiro atoms. The van der Waals surface area contributed by atoms with Gasteiger partial charge < -0.3 is 15.2 Å². The highest BCUT2D eigenvalue weighted by molar-refractivity contribution is 7.98. The molecule has 0 saturated heterocycles. The maximum absolute atomic E-state index is 13.7. The van der Waals surface area contributed by atoms with Crippen molar-refractivity contribution >= 4 is 23.6 Å². The van der Waals surface area contributed by atoms with Crippen LogP contribution in [-0.4, -0.2) is 35.9 Å². The monoisotopic (exact) mass is 315 g/mol. The quantitative estimate of drug-likeness (QED) is 0.718. The smallest absolute Gasteiger partial charge is 0.326 e. The van der Waals surface area contributed by atoms with Crippen molar-refractivity contribution in [3.05, 3.63) is 29.6 Å². The molecule has 7 heteroatoms. The topological polar surface area (TPSA) is 75.6 Å². The molecule has 116 valence electrons. The molecular formula is C14H18FNO4S. The number of ether oxygens (including phenoxy) is 1. The number of benzene rings is 1. The second kappa shape index (κ2) is 8.51. The van der Waals surface area contributed by atoms with E-state index in [1.54, 1.807) is 12.1 Å². The summed E-state index contributed by atoms with van der Waals surface area (Å²) in [5.74, 6) is -0.406. The molecule has 0 aliphatic heterocycles. The summed E-state index contributed by atoms with van der Waals surface area (Å²) < 4.78 is 18.6.